The van der Waals surface area contributed by atoms with E-state index in [0.717, 1.165) is 19.3 Å². The Morgan fingerprint density at radius 3 is 2.34 bits per heavy atom. The van der Waals surface area contributed by atoms with Crippen LogP contribution in [-0.4, -0.2) is 31.7 Å². The molecule has 4 aliphatic carbocycles. The Hall–Kier alpha value is -1.16. The molecular weight excluding hydrogens is 432 g/mol. The average Bonchev–Trinajstić information content (AvgIpc) is 3.08. The molecule has 4 aliphatic rings. The second kappa shape index (κ2) is 9.30. The lowest BCUT2D eigenvalue weighted by Crippen LogP contribution is -2.61. The third kappa shape index (κ3) is 3.79. The molecule has 3 nitrogen and oxygen atoms in total. The molecule has 3 heteroatoms. The highest BCUT2D eigenvalue weighted by atomic mass is 16.7. The van der Waals surface area contributed by atoms with E-state index in [1.54, 1.807) is 0 Å². The highest BCUT2D eigenvalue weighted by Gasteiger charge is 2.69. The van der Waals surface area contributed by atoms with E-state index in [2.05, 4.69) is 78.8 Å². The molecule has 35 heavy (non-hydrogen) atoms. The van der Waals surface area contributed by atoms with E-state index in [9.17, 15) is 5.11 Å². The fourth-order valence-electron chi connectivity index (χ4n) is 9.04. The van der Waals surface area contributed by atoms with Crippen LogP contribution < -0.4 is 0 Å². The summed E-state index contributed by atoms with van der Waals surface area (Å²) in [6, 6.07) is 0. The Bertz CT molecular complexity index is 930. The van der Waals surface area contributed by atoms with Crippen LogP contribution in [0.5, 0.6) is 0 Å². The zero-order chi connectivity index (χ0) is 25.8. The molecule has 7 atom stereocenters. The number of allylic oxidation sites excluding steroid dienone is 6. The zero-order valence-electron chi connectivity index (χ0n) is 23.8. The highest BCUT2D eigenvalue weighted by molar-refractivity contribution is 5.46. The predicted molar refractivity (Wildman–Crippen MR) is 145 cm³/mol. The maximum Gasteiger partial charge on any atom is 0.166 e. The molecule has 0 spiro atoms. The Morgan fingerprint density at radius 2 is 1.71 bits per heavy atom. The van der Waals surface area contributed by atoms with Crippen molar-refractivity contribution in [3.63, 3.8) is 0 Å². The van der Waals surface area contributed by atoms with Crippen molar-refractivity contribution in [1.29, 1.82) is 0 Å². The van der Waals surface area contributed by atoms with E-state index >= 15 is 0 Å². The van der Waals surface area contributed by atoms with Crippen LogP contribution in [0.15, 0.2) is 47.1 Å². The highest BCUT2D eigenvalue weighted by Crippen LogP contribution is 2.74. The first kappa shape index (κ1) is 26.9. The van der Waals surface area contributed by atoms with Gasteiger partial charge in [-0.2, -0.15) is 0 Å². The summed E-state index contributed by atoms with van der Waals surface area (Å²) in [6.45, 7) is 16.3. The van der Waals surface area contributed by atoms with Crippen LogP contribution in [0.1, 0.15) is 87.0 Å². The van der Waals surface area contributed by atoms with Gasteiger partial charge in [0.1, 0.15) is 0 Å². The quantitative estimate of drug-likeness (QED) is 0.312. The first-order chi connectivity index (χ1) is 16.4. The van der Waals surface area contributed by atoms with Gasteiger partial charge in [-0.3, -0.25) is 0 Å². The van der Waals surface area contributed by atoms with E-state index in [4.69, 9.17) is 9.47 Å². The summed E-state index contributed by atoms with van der Waals surface area (Å²) in [5.74, 6) is 1.59. The molecule has 0 saturated heterocycles. The largest absolute Gasteiger partial charge is 0.392 e. The minimum absolute atomic E-state index is 0.166. The summed E-state index contributed by atoms with van der Waals surface area (Å²) in [5.41, 5.74) is 4.17. The van der Waals surface area contributed by atoms with Crippen LogP contribution >= 0.6 is 0 Å². The smallest absolute Gasteiger partial charge is 0.166 e. The molecule has 196 valence electrons. The fourth-order valence-corrected chi connectivity index (χ4v) is 9.04. The van der Waals surface area contributed by atoms with Crippen LogP contribution in [0.25, 0.3) is 0 Å². The van der Waals surface area contributed by atoms with Gasteiger partial charge in [0.15, 0.2) is 6.29 Å². The monoisotopic (exact) mass is 482 g/mol. The van der Waals surface area contributed by atoms with Crippen molar-refractivity contribution in [2.24, 2.45) is 39.4 Å². The lowest BCUT2D eigenvalue weighted by Gasteiger charge is -2.64. The van der Waals surface area contributed by atoms with Crippen LogP contribution in [0.4, 0.5) is 0 Å². The SMILES string of the molecule is COC(OC)[C@@]12CC[C@]3(C)[C@@H]([C@H](C)/C=C/C=C(C)C)CC[C@@]3(C)C1C=CC1=C2CC[C@H](O)C1(C)C. The van der Waals surface area contributed by atoms with Crippen LogP contribution in [-0.2, 0) is 9.47 Å². The predicted octanol–water partition coefficient (Wildman–Crippen LogP) is 7.63. The Morgan fingerprint density at radius 1 is 1.03 bits per heavy atom. The average molecular weight is 483 g/mol. The number of rotatable bonds is 6. The van der Waals surface area contributed by atoms with Crippen molar-refractivity contribution in [1.82, 2.24) is 0 Å². The zero-order valence-corrected chi connectivity index (χ0v) is 23.8. The van der Waals surface area contributed by atoms with Gasteiger partial charge in [0.25, 0.3) is 0 Å². The number of aliphatic hydroxyl groups excluding tert-OH is 1. The summed E-state index contributed by atoms with van der Waals surface area (Å²) in [7, 11) is 3.62. The number of hydrogen-bond donors (Lipinski definition) is 1. The molecule has 0 radical (unpaired) electrons. The molecule has 2 saturated carbocycles. The third-order valence-electron chi connectivity index (χ3n) is 11.3. The minimum Gasteiger partial charge on any atom is -0.392 e. The van der Waals surface area contributed by atoms with Gasteiger partial charge in [0.2, 0.25) is 0 Å². The maximum absolute atomic E-state index is 10.9. The normalized spacial score (nSPS) is 41.1. The van der Waals surface area contributed by atoms with Gasteiger partial charge in [0, 0.05) is 25.0 Å². The molecular formula is C32H50O3. The van der Waals surface area contributed by atoms with E-state index < -0.39 is 0 Å². The lowest BCUT2D eigenvalue weighted by molar-refractivity contribution is -0.224. The lowest BCUT2D eigenvalue weighted by atomic mass is 9.41. The van der Waals surface area contributed by atoms with E-state index in [1.165, 1.54) is 36.0 Å². The summed E-state index contributed by atoms with van der Waals surface area (Å²) in [4.78, 5) is 0. The summed E-state index contributed by atoms with van der Waals surface area (Å²) >= 11 is 0. The second-order valence-electron chi connectivity index (χ2n) is 13.3. The van der Waals surface area contributed by atoms with Gasteiger partial charge in [-0.15, -0.1) is 0 Å². The third-order valence-corrected chi connectivity index (χ3v) is 11.3. The molecule has 0 heterocycles. The summed E-state index contributed by atoms with van der Waals surface area (Å²) < 4.78 is 12.3. The fraction of sp³-hybridized carbons (Fsp3) is 0.750. The molecule has 0 aromatic carbocycles. The summed E-state index contributed by atoms with van der Waals surface area (Å²) in [5, 5.41) is 10.9. The van der Waals surface area contributed by atoms with Gasteiger partial charge in [-0.25, -0.2) is 0 Å². The molecule has 0 aliphatic heterocycles. The Labute approximate surface area is 214 Å². The molecule has 1 N–H and O–H groups in total. The van der Waals surface area contributed by atoms with Crippen LogP contribution in [0, 0.1) is 39.4 Å². The second-order valence-corrected chi connectivity index (χ2v) is 13.3. The number of hydrogen-bond acceptors (Lipinski definition) is 3. The standard InChI is InChI=1S/C32H50O3/c1-21(2)11-10-12-22(3)23-17-18-31(7)26-15-13-24-25(14-16-27(33)29(24,4)5)32(26,28(34-8)35-9)20-19-30(23,31)6/h10-13,15,22-23,26-28,33H,14,16-20H2,1-9H3/b12-10+/t22-,23-,26?,27+,30-,31+,32-/m1/s1. The van der Waals surface area contributed by atoms with Gasteiger partial charge < -0.3 is 14.6 Å². The number of aliphatic hydroxyl groups is 1. The summed E-state index contributed by atoms with van der Waals surface area (Å²) in [6.07, 6.45) is 17.8. The molecule has 0 bridgehead atoms. The minimum atomic E-state index is -0.309. The van der Waals surface area contributed by atoms with Gasteiger partial charge in [-0.05, 0) is 86.5 Å². The first-order valence-corrected chi connectivity index (χ1v) is 13.9. The first-order valence-electron chi connectivity index (χ1n) is 13.9. The van der Waals surface area contributed by atoms with Gasteiger partial charge in [0.05, 0.1) is 6.10 Å². The van der Waals surface area contributed by atoms with Crippen molar-refractivity contribution >= 4 is 0 Å². The Balaban J connectivity index is 1.80. The number of fused-ring (bicyclic) bond motifs is 4. The molecule has 0 aromatic heterocycles. The molecule has 0 amide bonds. The number of methoxy groups -OCH3 is 2. The van der Waals surface area contributed by atoms with E-state index in [0.29, 0.717) is 17.8 Å². The van der Waals surface area contributed by atoms with E-state index in [-0.39, 0.29) is 34.1 Å². The Kier molecular flexibility index (Phi) is 7.14. The molecule has 4 rings (SSSR count). The molecule has 2 fully saturated rings. The van der Waals surface area contributed by atoms with Gasteiger partial charge in [-0.1, -0.05) is 76.1 Å². The number of ether oxygens (including phenoxy) is 2. The van der Waals surface area contributed by atoms with Crippen molar-refractivity contribution < 1.29 is 14.6 Å². The van der Waals surface area contributed by atoms with E-state index in [1.807, 2.05) is 14.2 Å². The van der Waals surface area contributed by atoms with Crippen molar-refractivity contribution in [3.8, 4) is 0 Å². The van der Waals surface area contributed by atoms with Crippen molar-refractivity contribution in [2.45, 2.75) is 99.4 Å². The maximum atomic E-state index is 10.9. The van der Waals surface area contributed by atoms with Crippen LogP contribution in [0.2, 0.25) is 0 Å². The molecule has 1 unspecified atom stereocenters. The van der Waals surface area contributed by atoms with Crippen LogP contribution in [0.3, 0.4) is 0 Å². The van der Waals surface area contributed by atoms with Gasteiger partial charge >= 0.3 is 0 Å². The van der Waals surface area contributed by atoms with Crippen molar-refractivity contribution in [3.05, 3.63) is 47.1 Å². The molecule has 0 aromatic rings. The van der Waals surface area contributed by atoms with Crippen molar-refractivity contribution in [2.75, 3.05) is 14.2 Å². The topological polar surface area (TPSA) is 38.7 Å².